The number of nitrogens with zero attached hydrogens (tertiary/aromatic N) is 5. The van der Waals surface area contributed by atoms with E-state index in [1.165, 1.54) is 9.99 Å². The topological polar surface area (TPSA) is 78.8 Å². The largest absolute Gasteiger partial charge is 0.368 e. The van der Waals surface area contributed by atoms with Crippen molar-refractivity contribution in [1.82, 2.24) is 18.8 Å². The first-order valence-electron chi connectivity index (χ1n) is 11.0. The third-order valence-corrected chi connectivity index (χ3v) is 8.08. The van der Waals surface area contributed by atoms with Gasteiger partial charge in [0.05, 0.1) is 6.33 Å². The molecule has 1 aromatic heterocycles. The number of sulfonamides is 1. The zero-order chi connectivity index (χ0) is 22.0. The van der Waals surface area contributed by atoms with Crippen molar-refractivity contribution >= 4 is 21.6 Å². The molecule has 9 heteroatoms. The molecule has 2 aliphatic heterocycles. The minimum Gasteiger partial charge on any atom is -0.368 e. The Morgan fingerprint density at radius 3 is 2.23 bits per heavy atom. The minimum atomic E-state index is -3.62. The van der Waals surface area contributed by atoms with Crippen LogP contribution in [0.15, 0.2) is 47.9 Å². The van der Waals surface area contributed by atoms with E-state index in [1.54, 1.807) is 17.1 Å². The number of carbonyl (C=O) groups excluding carboxylic acids is 1. The van der Waals surface area contributed by atoms with E-state index in [-0.39, 0.29) is 22.9 Å². The Morgan fingerprint density at radius 2 is 1.65 bits per heavy atom. The molecular formula is C22H31N5O3S. The lowest BCUT2D eigenvalue weighted by Crippen LogP contribution is -2.52. The summed E-state index contributed by atoms with van der Waals surface area (Å²) in [7, 11) is -3.62. The molecule has 0 saturated carbocycles. The predicted octanol–water partition coefficient (Wildman–Crippen LogP) is 2.21. The Labute approximate surface area is 184 Å². The van der Waals surface area contributed by atoms with Gasteiger partial charge in [0.25, 0.3) is 10.0 Å². The van der Waals surface area contributed by atoms with Crippen molar-refractivity contribution in [1.29, 1.82) is 0 Å². The molecule has 0 atom stereocenters. The fourth-order valence-corrected chi connectivity index (χ4v) is 5.68. The van der Waals surface area contributed by atoms with Crippen LogP contribution in [0.4, 0.5) is 5.69 Å². The molecule has 0 bridgehead atoms. The van der Waals surface area contributed by atoms with E-state index in [0.717, 1.165) is 13.1 Å². The molecule has 2 fully saturated rings. The number of anilines is 1. The van der Waals surface area contributed by atoms with Gasteiger partial charge in [-0.25, -0.2) is 13.4 Å². The SMILES string of the molecule is CC(C)n1cnc(S(=O)(=O)N2CCC(C(=O)N3CCN(c4ccccc4)CC3)CC2)c1. The Bertz CT molecular complexity index is 989. The predicted molar refractivity (Wildman–Crippen MR) is 119 cm³/mol. The van der Waals surface area contributed by atoms with Crippen molar-refractivity contribution in [2.45, 2.75) is 37.8 Å². The first-order valence-corrected chi connectivity index (χ1v) is 12.4. The third kappa shape index (κ3) is 4.62. The number of aromatic nitrogens is 2. The highest BCUT2D eigenvalue weighted by Gasteiger charge is 2.35. The molecule has 2 aromatic rings. The fourth-order valence-electron chi connectivity index (χ4n) is 4.29. The average Bonchev–Trinajstić information content (AvgIpc) is 3.31. The Hall–Kier alpha value is -2.39. The molecule has 0 spiro atoms. The number of hydrogen-bond acceptors (Lipinski definition) is 5. The van der Waals surface area contributed by atoms with Crippen molar-refractivity contribution in [3.8, 4) is 0 Å². The standard InChI is InChI=1S/C22H31N5O3S/c1-18(2)26-16-21(23-17-26)31(29,30)27-10-8-19(9-11-27)22(28)25-14-12-24(13-15-25)20-6-4-3-5-7-20/h3-7,16-19H,8-15H2,1-2H3. The highest BCUT2D eigenvalue weighted by molar-refractivity contribution is 7.89. The smallest absolute Gasteiger partial charge is 0.262 e. The van der Waals surface area contributed by atoms with E-state index in [1.807, 2.05) is 36.9 Å². The van der Waals surface area contributed by atoms with Gasteiger partial charge in [-0.1, -0.05) is 18.2 Å². The third-order valence-electron chi connectivity index (χ3n) is 6.29. The molecule has 168 valence electrons. The second-order valence-electron chi connectivity index (χ2n) is 8.58. The first-order chi connectivity index (χ1) is 14.9. The molecule has 3 heterocycles. The number of carbonyl (C=O) groups is 1. The molecule has 1 aromatic carbocycles. The van der Waals surface area contributed by atoms with Crippen LogP contribution in [0, 0.1) is 5.92 Å². The summed E-state index contributed by atoms with van der Waals surface area (Å²) in [5, 5.41) is 0.0861. The van der Waals surface area contributed by atoms with E-state index in [2.05, 4.69) is 22.0 Å². The number of benzene rings is 1. The number of hydrogen-bond donors (Lipinski definition) is 0. The van der Waals surface area contributed by atoms with Crippen LogP contribution in [0.1, 0.15) is 32.7 Å². The van der Waals surface area contributed by atoms with Crippen LogP contribution in [0.2, 0.25) is 0 Å². The Morgan fingerprint density at radius 1 is 1.00 bits per heavy atom. The van der Waals surface area contributed by atoms with Crippen LogP contribution in [0.5, 0.6) is 0 Å². The van der Waals surface area contributed by atoms with Crippen molar-refractivity contribution in [2.24, 2.45) is 5.92 Å². The van der Waals surface area contributed by atoms with Crippen molar-refractivity contribution in [3.05, 3.63) is 42.9 Å². The molecule has 0 unspecified atom stereocenters. The molecule has 8 nitrogen and oxygen atoms in total. The normalized spacial score (nSPS) is 19.2. The van der Waals surface area contributed by atoms with Gasteiger partial charge in [-0.2, -0.15) is 4.31 Å². The molecule has 4 rings (SSSR count). The van der Waals surface area contributed by atoms with E-state index in [9.17, 15) is 13.2 Å². The second kappa shape index (κ2) is 9.00. The average molecular weight is 446 g/mol. The monoisotopic (exact) mass is 445 g/mol. The summed E-state index contributed by atoms with van der Waals surface area (Å²) in [6.45, 7) is 7.74. The first kappa shape index (κ1) is 21.8. The Balaban J connectivity index is 1.31. The van der Waals surface area contributed by atoms with E-state index >= 15 is 0 Å². The number of piperazine rings is 1. The highest BCUT2D eigenvalue weighted by Crippen LogP contribution is 2.26. The lowest BCUT2D eigenvalue weighted by molar-refractivity contribution is -0.137. The van der Waals surface area contributed by atoms with Crippen LogP contribution in [0.25, 0.3) is 0 Å². The summed E-state index contributed by atoms with van der Waals surface area (Å²) in [6, 6.07) is 10.4. The van der Waals surface area contributed by atoms with Crippen molar-refractivity contribution < 1.29 is 13.2 Å². The highest BCUT2D eigenvalue weighted by atomic mass is 32.2. The van der Waals surface area contributed by atoms with Gasteiger partial charge in [0.1, 0.15) is 0 Å². The van der Waals surface area contributed by atoms with Crippen LogP contribution in [-0.4, -0.2) is 72.3 Å². The summed E-state index contributed by atoms with van der Waals surface area (Å²) >= 11 is 0. The number of amides is 1. The van der Waals surface area contributed by atoms with Gasteiger partial charge in [-0.05, 0) is 38.8 Å². The zero-order valence-electron chi connectivity index (χ0n) is 18.2. The summed E-state index contributed by atoms with van der Waals surface area (Å²) < 4.78 is 29.1. The zero-order valence-corrected chi connectivity index (χ0v) is 19.0. The minimum absolute atomic E-state index is 0.0861. The van der Waals surface area contributed by atoms with Crippen LogP contribution in [0.3, 0.4) is 0 Å². The number of rotatable bonds is 5. The van der Waals surface area contributed by atoms with Gasteiger partial charge >= 0.3 is 0 Å². The Kier molecular flexibility index (Phi) is 6.34. The van der Waals surface area contributed by atoms with Gasteiger partial charge in [0.2, 0.25) is 5.91 Å². The second-order valence-corrected chi connectivity index (χ2v) is 10.5. The summed E-state index contributed by atoms with van der Waals surface area (Å²) in [5.41, 5.74) is 1.19. The van der Waals surface area contributed by atoms with Crippen molar-refractivity contribution in [2.75, 3.05) is 44.2 Å². The van der Waals surface area contributed by atoms with Gasteiger partial charge in [0.15, 0.2) is 5.03 Å². The van der Waals surface area contributed by atoms with Gasteiger partial charge in [-0.3, -0.25) is 4.79 Å². The van der Waals surface area contributed by atoms with E-state index < -0.39 is 10.0 Å². The number of para-hydroxylation sites is 1. The maximum absolute atomic E-state index is 13.0. The fraction of sp³-hybridized carbons (Fsp3) is 0.545. The molecule has 31 heavy (non-hydrogen) atoms. The quantitative estimate of drug-likeness (QED) is 0.705. The molecule has 0 N–H and O–H groups in total. The summed E-state index contributed by atoms with van der Waals surface area (Å²) in [5.74, 6) is 0.0526. The molecular weight excluding hydrogens is 414 g/mol. The lowest BCUT2D eigenvalue weighted by Gasteiger charge is -2.39. The molecule has 2 aliphatic rings. The van der Waals surface area contributed by atoms with Crippen LogP contribution >= 0.6 is 0 Å². The molecule has 0 radical (unpaired) electrons. The summed E-state index contributed by atoms with van der Waals surface area (Å²) in [6.07, 6.45) is 4.26. The molecule has 0 aliphatic carbocycles. The maximum Gasteiger partial charge on any atom is 0.262 e. The number of imidazole rings is 1. The van der Waals surface area contributed by atoms with Gasteiger partial charge in [0, 0.05) is 63.1 Å². The van der Waals surface area contributed by atoms with Crippen LogP contribution in [-0.2, 0) is 14.8 Å². The van der Waals surface area contributed by atoms with Crippen molar-refractivity contribution in [3.63, 3.8) is 0 Å². The molecule has 2 saturated heterocycles. The van der Waals surface area contributed by atoms with Gasteiger partial charge in [-0.15, -0.1) is 0 Å². The van der Waals surface area contributed by atoms with E-state index in [4.69, 9.17) is 0 Å². The van der Waals surface area contributed by atoms with Crippen LogP contribution < -0.4 is 4.90 Å². The van der Waals surface area contributed by atoms with Gasteiger partial charge < -0.3 is 14.4 Å². The van der Waals surface area contributed by atoms with E-state index in [0.29, 0.717) is 39.0 Å². The lowest BCUT2D eigenvalue weighted by atomic mass is 9.96. The molecule has 1 amide bonds. The summed E-state index contributed by atoms with van der Waals surface area (Å²) in [4.78, 5) is 21.4. The maximum atomic E-state index is 13.0. The number of piperidine rings is 1.